The van der Waals surface area contributed by atoms with E-state index in [9.17, 15) is 4.79 Å². The molecule has 0 spiro atoms. The van der Waals surface area contributed by atoms with Crippen LogP contribution in [-0.2, 0) is 16.0 Å². The van der Waals surface area contributed by atoms with E-state index in [1.165, 1.54) is 5.56 Å². The number of nitrogens with zero attached hydrogens (tertiary/aromatic N) is 1. The van der Waals surface area contributed by atoms with Crippen LogP contribution in [0, 0.1) is 0 Å². The van der Waals surface area contributed by atoms with Gasteiger partial charge in [-0.25, -0.2) is 0 Å². The molecule has 1 aromatic rings. The summed E-state index contributed by atoms with van der Waals surface area (Å²) >= 11 is 0. The summed E-state index contributed by atoms with van der Waals surface area (Å²) in [4.78, 5) is 14.1. The number of ether oxygens (including phenoxy) is 1. The zero-order chi connectivity index (χ0) is 13.1. The van der Waals surface area contributed by atoms with Gasteiger partial charge < -0.3 is 15.0 Å². The lowest BCUT2D eigenvalue weighted by Gasteiger charge is -2.17. The summed E-state index contributed by atoms with van der Waals surface area (Å²) in [6.45, 7) is 3.28. The van der Waals surface area contributed by atoms with Crippen molar-refractivity contribution in [1.29, 1.82) is 0 Å². The van der Waals surface area contributed by atoms with Gasteiger partial charge in [0.1, 0.15) is 6.04 Å². The van der Waals surface area contributed by atoms with E-state index >= 15 is 0 Å². The van der Waals surface area contributed by atoms with Crippen LogP contribution in [0.2, 0.25) is 0 Å². The number of carbonyl (C=O) groups excluding carboxylic acids is 1. The molecule has 0 fully saturated rings. The average molecular weight is 248 g/mol. The Morgan fingerprint density at radius 1 is 1.44 bits per heavy atom. The van der Waals surface area contributed by atoms with Crippen molar-refractivity contribution >= 4 is 11.6 Å². The van der Waals surface area contributed by atoms with Crippen LogP contribution >= 0.6 is 0 Å². The molecule has 1 unspecified atom stereocenters. The molecule has 1 aromatic carbocycles. The van der Waals surface area contributed by atoms with Crippen LogP contribution in [0.4, 0.5) is 5.69 Å². The quantitative estimate of drug-likeness (QED) is 0.858. The Labute approximate surface area is 108 Å². The van der Waals surface area contributed by atoms with E-state index in [4.69, 9.17) is 4.74 Å². The van der Waals surface area contributed by atoms with Crippen LogP contribution in [0.1, 0.15) is 24.1 Å². The van der Waals surface area contributed by atoms with Gasteiger partial charge >= 0.3 is 0 Å². The van der Waals surface area contributed by atoms with Gasteiger partial charge in [0, 0.05) is 24.9 Å². The molecule has 1 amide bonds. The highest BCUT2D eigenvalue weighted by Crippen LogP contribution is 2.36. The highest BCUT2D eigenvalue weighted by atomic mass is 16.5. The van der Waals surface area contributed by atoms with E-state index < -0.39 is 0 Å². The normalized spacial score (nSPS) is 18.3. The second-order valence-corrected chi connectivity index (χ2v) is 4.45. The summed E-state index contributed by atoms with van der Waals surface area (Å²) in [5, 5.41) is 3.10. The lowest BCUT2D eigenvalue weighted by atomic mass is 10.0. The van der Waals surface area contributed by atoms with E-state index in [2.05, 4.69) is 24.4 Å². The molecule has 0 saturated heterocycles. The summed E-state index contributed by atoms with van der Waals surface area (Å²) in [6.07, 6.45) is 0.982. The molecular weight excluding hydrogens is 228 g/mol. The zero-order valence-electron chi connectivity index (χ0n) is 11.2. The molecule has 98 valence electrons. The molecule has 0 aromatic heterocycles. The minimum absolute atomic E-state index is 0.109. The third-order valence-corrected chi connectivity index (χ3v) is 3.42. The lowest BCUT2D eigenvalue weighted by molar-refractivity contribution is -0.120. The highest BCUT2D eigenvalue weighted by molar-refractivity contribution is 6.04. The van der Waals surface area contributed by atoms with Gasteiger partial charge in [0.05, 0.1) is 6.61 Å². The SMILES string of the molecule is CCc1ccc2c(c1)C(NC)C(=O)N2CCOC. The van der Waals surface area contributed by atoms with Crippen molar-refractivity contribution in [3.63, 3.8) is 0 Å². The minimum Gasteiger partial charge on any atom is -0.383 e. The summed E-state index contributed by atoms with van der Waals surface area (Å²) in [7, 11) is 3.47. The number of likely N-dealkylation sites (N-methyl/N-ethyl adjacent to an activating group) is 1. The predicted molar refractivity (Wildman–Crippen MR) is 71.8 cm³/mol. The van der Waals surface area contributed by atoms with Crippen molar-refractivity contribution in [3.8, 4) is 0 Å². The second kappa shape index (κ2) is 5.50. The molecule has 0 radical (unpaired) electrons. The summed E-state index contributed by atoms with van der Waals surface area (Å²) in [5.41, 5.74) is 3.35. The fraction of sp³-hybridized carbons (Fsp3) is 0.500. The van der Waals surface area contributed by atoms with Crippen molar-refractivity contribution in [2.75, 3.05) is 32.2 Å². The molecule has 1 aliphatic heterocycles. The predicted octanol–water partition coefficient (Wildman–Crippen LogP) is 1.50. The van der Waals surface area contributed by atoms with Crippen LogP contribution < -0.4 is 10.2 Å². The molecule has 0 bridgehead atoms. The molecule has 4 nitrogen and oxygen atoms in total. The molecule has 2 rings (SSSR count). The van der Waals surface area contributed by atoms with E-state index in [1.807, 2.05) is 13.1 Å². The topological polar surface area (TPSA) is 41.6 Å². The molecule has 0 aliphatic carbocycles. The molecule has 4 heteroatoms. The maximum atomic E-state index is 12.3. The van der Waals surface area contributed by atoms with E-state index in [0.717, 1.165) is 17.7 Å². The van der Waals surface area contributed by atoms with Crippen LogP contribution in [0.25, 0.3) is 0 Å². The first-order chi connectivity index (χ1) is 8.72. The molecular formula is C14H20N2O2. The van der Waals surface area contributed by atoms with Gasteiger partial charge in [-0.2, -0.15) is 0 Å². The fourth-order valence-corrected chi connectivity index (χ4v) is 2.40. The van der Waals surface area contributed by atoms with Crippen LogP contribution in [0.5, 0.6) is 0 Å². The number of fused-ring (bicyclic) bond motifs is 1. The van der Waals surface area contributed by atoms with Crippen LogP contribution in [0.15, 0.2) is 18.2 Å². The van der Waals surface area contributed by atoms with Crippen LogP contribution in [-0.4, -0.2) is 33.2 Å². The molecule has 1 N–H and O–H groups in total. The van der Waals surface area contributed by atoms with Gasteiger partial charge in [-0.3, -0.25) is 4.79 Å². The van der Waals surface area contributed by atoms with Gasteiger partial charge in [-0.1, -0.05) is 19.1 Å². The molecule has 1 aliphatic rings. The van der Waals surface area contributed by atoms with Gasteiger partial charge in [0.25, 0.3) is 0 Å². The largest absolute Gasteiger partial charge is 0.383 e. The van der Waals surface area contributed by atoms with Crippen molar-refractivity contribution < 1.29 is 9.53 Å². The minimum atomic E-state index is -0.219. The Kier molecular flexibility index (Phi) is 3.99. The standard InChI is InChI=1S/C14H20N2O2/c1-4-10-5-6-12-11(9-10)13(15-2)14(17)16(12)7-8-18-3/h5-6,9,13,15H,4,7-8H2,1-3H3. The molecule has 1 heterocycles. The Hall–Kier alpha value is -1.39. The summed E-state index contributed by atoms with van der Waals surface area (Å²) in [6, 6.07) is 6.04. The van der Waals surface area contributed by atoms with Gasteiger partial charge in [-0.15, -0.1) is 0 Å². The monoisotopic (exact) mass is 248 g/mol. The van der Waals surface area contributed by atoms with E-state index in [0.29, 0.717) is 13.2 Å². The van der Waals surface area contributed by atoms with Crippen LogP contribution in [0.3, 0.4) is 0 Å². The Balaban J connectivity index is 2.36. The third-order valence-electron chi connectivity index (χ3n) is 3.42. The smallest absolute Gasteiger partial charge is 0.248 e. The molecule has 18 heavy (non-hydrogen) atoms. The van der Waals surface area contributed by atoms with E-state index in [1.54, 1.807) is 12.0 Å². The Morgan fingerprint density at radius 2 is 2.22 bits per heavy atom. The maximum absolute atomic E-state index is 12.3. The summed E-state index contributed by atoms with van der Waals surface area (Å²) < 4.78 is 5.07. The van der Waals surface area contributed by atoms with Crippen molar-refractivity contribution in [2.24, 2.45) is 0 Å². The molecule has 0 saturated carbocycles. The number of hydrogen-bond acceptors (Lipinski definition) is 3. The second-order valence-electron chi connectivity index (χ2n) is 4.45. The zero-order valence-corrected chi connectivity index (χ0v) is 11.2. The maximum Gasteiger partial charge on any atom is 0.248 e. The van der Waals surface area contributed by atoms with Crippen molar-refractivity contribution in [2.45, 2.75) is 19.4 Å². The van der Waals surface area contributed by atoms with Crippen molar-refractivity contribution in [3.05, 3.63) is 29.3 Å². The number of aryl methyl sites for hydroxylation is 1. The lowest BCUT2D eigenvalue weighted by Crippen LogP contribution is -2.35. The first-order valence-corrected chi connectivity index (χ1v) is 6.33. The van der Waals surface area contributed by atoms with Crippen molar-refractivity contribution in [1.82, 2.24) is 5.32 Å². The number of rotatable bonds is 5. The number of amides is 1. The van der Waals surface area contributed by atoms with Gasteiger partial charge in [0.2, 0.25) is 5.91 Å². The number of methoxy groups -OCH3 is 1. The van der Waals surface area contributed by atoms with Gasteiger partial charge in [0.15, 0.2) is 0 Å². The summed E-state index contributed by atoms with van der Waals surface area (Å²) in [5.74, 6) is 0.109. The number of carbonyl (C=O) groups is 1. The number of benzene rings is 1. The van der Waals surface area contributed by atoms with E-state index in [-0.39, 0.29) is 11.9 Å². The first-order valence-electron chi connectivity index (χ1n) is 6.33. The first kappa shape index (κ1) is 13.1. The Bertz CT molecular complexity index is 445. The molecule has 1 atom stereocenters. The number of hydrogen-bond donors (Lipinski definition) is 1. The highest BCUT2D eigenvalue weighted by Gasteiger charge is 2.35. The fourth-order valence-electron chi connectivity index (χ4n) is 2.40. The van der Waals surface area contributed by atoms with Gasteiger partial charge in [-0.05, 0) is 25.1 Å². The average Bonchev–Trinajstić information content (AvgIpc) is 2.66. The Morgan fingerprint density at radius 3 is 2.83 bits per heavy atom. The third kappa shape index (κ3) is 2.13. The number of anilines is 1. The number of nitrogens with one attached hydrogen (secondary N) is 1.